The number of hydrogen-bond donors (Lipinski definition) is 0. The molecular weight excluding hydrogens is 312 g/mol. The average molecular weight is 341 g/mol. The Morgan fingerprint density at radius 3 is 2.27 bits per heavy atom. The predicted molar refractivity (Wildman–Crippen MR) is 112 cm³/mol. The lowest BCUT2D eigenvalue weighted by Gasteiger charge is -2.29. The van der Waals surface area contributed by atoms with Gasteiger partial charge in [0.2, 0.25) is 0 Å². The molecule has 0 aliphatic heterocycles. The number of rotatable bonds is 0. The molecule has 3 aliphatic rings. The molecule has 0 unspecified atom stereocenters. The van der Waals surface area contributed by atoms with Crippen molar-refractivity contribution in [2.24, 2.45) is 0 Å². The molecule has 0 aromatic heterocycles. The maximum atomic E-state index is 2.44. The smallest absolute Gasteiger partial charge is 0.00935 e. The monoisotopic (exact) mass is 340 g/mol. The number of allylic oxidation sites excluding steroid dienone is 4. The second-order valence-electron chi connectivity index (χ2n) is 8.04. The molecular formula is C26H28. The molecule has 3 aliphatic carbocycles. The van der Waals surface area contributed by atoms with E-state index >= 15 is 0 Å². The van der Waals surface area contributed by atoms with Gasteiger partial charge >= 0.3 is 0 Å². The van der Waals surface area contributed by atoms with Crippen LogP contribution in [-0.4, -0.2) is 0 Å². The maximum absolute atomic E-state index is 2.44. The Kier molecular flexibility index (Phi) is 4.68. The van der Waals surface area contributed by atoms with Gasteiger partial charge in [-0.1, -0.05) is 86.7 Å². The van der Waals surface area contributed by atoms with Gasteiger partial charge in [-0.2, -0.15) is 0 Å². The molecule has 0 saturated heterocycles. The summed E-state index contributed by atoms with van der Waals surface area (Å²) < 4.78 is 0. The minimum Gasteiger partial charge on any atom is -0.0842 e. The van der Waals surface area contributed by atoms with E-state index < -0.39 is 0 Å². The van der Waals surface area contributed by atoms with E-state index in [4.69, 9.17) is 0 Å². The summed E-state index contributed by atoms with van der Waals surface area (Å²) in [5.41, 5.74) is 3.27. The summed E-state index contributed by atoms with van der Waals surface area (Å²) in [5, 5.41) is 5.69. The molecule has 26 heavy (non-hydrogen) atoms. The largest absolute Gasteiger partial charge is 0.0842 e. The predicted octanol–water partition coefficient (Wildman–Crippen LogP) is 5.05. The van der Waals surface area contributed by atoms with Gasteiger partial charge in [-0.05, 0) is 64.1 Å². The van der Waals surface area contributed by atoms with Crippen molar-refractivity contribution >= 4 is 12.2 Å². The first-order chi connectivity index (χ1) is 12.7. The Morgan fingerprint density at radius 1 is 0.769 bits per heavy atom. The van der Waals surface area contributed by atoms with Crippen molar-refractivity contribution in [1.29, 1.82) is 0 Å². The molecule has 2 aromatic rings. The van der Waals surface area contributed by atoms with Crippen molar-refractivity contribution in [3.8, 4) is 0 Å². The van der Waals surface area contributed by atoms with Crippen LogP contribution in [0.4, 0.5) is 0 Å². The van der Waals surface area contributed by atoms with Crippen LogP contribution in [0.3, 0.4) is 0 Å². The normalized spacial score (nSPS) is 18.2. The maximum Gasteiger partial charge on any atom is 0.00935 e. The minimum atomic E-state index is 0.125. The van der Waals surface area contributed by atoms with Gasteiger partial charge in [0.25, 0.3) is 0 Å². The summed E-state index contributed by atoms with van der Waals surface area (Å²) in [5.74, 6) is 0. The first-order valence-corrected chi connectivity index (χ1v) is 9.93. The fraction of sp³-hybridized carbons (Fsp3) is 0.308. The molecule has 0 spiro atoms. The van der Waals surface area contributed by atoms with Crippen LogP contribution in [0.25, 0.3) is 12.2 Å². The van der Waals surface area contributed by atoms with Crippen LogP contribution in [-0.2, 0) is 11.8 Å². The lowest BCUT2D eigenvalue weighted by atomic mass is 9.75. The topological polar surface area (TPSA) is 0 Å². The van der Waals surface area contributed by atoms with Crippen LogP contribution in [0.1, 0.15) is 50.7 Å². The summed E-state index contributed by atoms with van der Waals surface area (Å²) in [6, 6.07) is 13.5. The first kappa shape index (κ1) is 17.1. The summed E-state index contributed by atoms with van der Waals surface area (Å²) in [7, 11) is 0. The molecule has 0 amide bonds. The van der Waals surface area contributed by atoms with E-state index in [1.807, 2.05) is 0 Å². The van der Waals surface area contributed by atoms with Gasteiger partial charge < -0.3 is 0 Å². The van der Waals surface area contributed by atoms with Crippen molar-refractivity contribution in [2.45, 2.75) is 51.4 Å². The van der Waals surface area contributed by atoms with E-state index in [2.05, 4.69) is 86.7 Å². The fourth-order valence-corrected chi connectivity index (χ4v) is 4.49. The fourth-order valence-electron chi connectivity index (χ4n) is 4.49. The van der Waals surface area contributed by atoms with Crippen LogP contribution >= 0.6 is 0 Å². The molecule has 2 aromatic carbocycles. The standard InChI is InChI=1S/C20H20.C6H8/c1-20(2)13-15-8-4-5-9-16(15)18-12-11-14-7-3-6-10-17(14)19(18)20;1-2-4-6-5-3-1/h4-5,7-9,11-13H,3,6,10H2,1-2H3;1-4H,5-6H2. The quantitative estimate of drug-likeness (QED) is 0.629. The van der Waals surface area contributed by atoms with Gasteiger partial charge in [0.1, 0.15) is 0 Å². The van der Waals surface area contributed by atoms with Crippen LogP contribution in [0.2, 0.25) is 0 Å². The SMILES string of the molecule is C1=CCCC=C1.CC1(C)C=c2ccccc2=c2ccc3c(c21)CCCC=3. The van der Waals surface area contributed by atoms with Gasteiger partial charge in [-0.25, -0.2) is 0 Å². The van der Waals surface area contributed by atoms with Crippen LogP contribution in [0.15, 0.2) is 60.7 Å². The van der Waals surface area contributed by atoms with E-state index in [0.29, 0.717) is 0 Å². The van der Waals surface area contributed by atoms with Crippen LogP contribution in [0, 0.1) is 10.4 Å². The highest BCUT2D eigenvalue weighted by Gasteiger charge is 2.25. The van der Waals surface area contributed by atoms with Crippen molar-refractivity contribution in [3.05, 3.63) is 92.7 Å². The summed E-state index contributed by atoms with van der Waals surface area (Å²) in [4.78, 5) is 0. The molecule has 0 bridgehead atoms. The van der Waals surface area contributed by atoms with Crippen molar-refractivity contribution in [1.82, 2.24) is 0 Å². The third-order valence-corrected chi connectivity index (χ3v) is 5.64. The zero-order chi connectivity index (χ0) is 18.0. The van der Waals surface area contributed by atoms with E-state index in [-0.39, 0.29) is 5.41 Å². The van der Waals surface area contributed by atoms with E-state index in [0.717, 1.165) is 0 Å². The second kappa shape index (κ2) is 7.11. The highest BCUT2D eigenvalue weighted by molar-refractivity contribution is 5.55. The molecule has 0 heterocycles. The van der Waals surface area contributed by atoms with Gasteiger partial charge in [0.05, 0.1) is 0 Å². The third kappa shape index (κ3) is 3.21. The van der Waals surface area contributed by atoms with Crippen LogP contribution < -0.4 is 10.4 Å². The number of fused-ring (bicyclic) bond motifs is 4. The molecule has 0 saturated carbocycles. The second-order valence-corrected chi connectivity index (χ2v) is 8.04. The molecule has 0 atom stereocenters. The Morgan fingerprint density at radius 2 is 1.54 bits per heavy atom. The Balaban J connectivity index is 0.000000240. The van der Waals surface area contributed by atoms with Gasteiger partial charge in [-0.3, -0.25) is 0 Å². The molecule has 0 nitrogen and oxygen atoms in total. The highest BCUT2D eigenvalue weighted by Crippen LogP contribution is 2.31. The molecule has 132 valence electrons. The Hall–Kier alpha value is -2.34. The average Bonchev–Trinajstić information content (AvgIpc) is 2.69. The van der Waals surface area contributed by atoms with Crippen LogP contribution in [0.5, 0.6) is 0 Å². The van der Waals surface area contributed by atoms with E-state index in [1.54, 1.807) is 11.1 Å². The number of hydrogen-bond acceptors (Lipinski definition) is 0. The van der Waals surface area contributed by atoms with Crippen molar-refractivity contribution in [2.75, 3.05) is 0 Å². The van der Waals surface area contributed by atoms with Gasteiger partial charge in [0, 0.05) is 5.41 Å². The lowest BCUT2D eigenvalue weighted by Crippen LogP contribution is -2.29. The number of benzene rings is 2. The zero-order valence-electron chi connectivity index (χ0n) is 16.0. The van der Waals surface area contributed by atoms with Gasteiger partial charge in [0.15, 0.2) is 0 Å². The first-order valence-electron chi connectivity index (χ1n) is 9.93. The summed E-state index contributed by atoms with van der Waals surface area (Å²) >= 11 is 0. The molecule has 0 heteroatoms. The summed E-state index contributed by atoms with van der Waals surface area (Å²) in [6.45, 7) is 4.72. The van der Waals surface area contributed by atoms with E-state index in [1.165, 1.54) is 53.0 Å². The lowest BCUT2D eigenvalue weighted by molar-refractivity contribution is 0.675. The summed E-state index contributed by atoms with van der Waals surface area (Å²) in [6.07, 6.45) is 19.6. The zero-order valence-corrected chi connectivity index (χ0v) is 16.0. The Labute approximate surface area is 156 Å². The molecule has 0 radical (unpaired) electrons. The molecule has 0 fully saturated rings. The third-order valence-electron chi connectivity index (χ3n) is 5.64. The van der Waals surface area contributed by atoms with E-state index in [9.17, 15) is 0 Å². The Bertz CT molecular complexity index is 1070. The van der Waals surface area contributed by atoms with Crippen molar-refractivity contribution in [3.63, 3.8) is 0 Å². The molecule has 5 rings (SSSR count). The molecule has 0 N–H and O–H groups in total. The highest BCUT2D eigenvalue weighted by atomic mass is 14.3. The van der Waals surface area contributed by atoms with Crippen molar-refractivity contribution < 1.29 is 0 Å². The van der Waals surface area contributed by atoms with Gasteiger partial charge in [-0.15, -0.1) is 0 Å². The minimum absolute atomic E-state index is 0.125.